The Morgan fingerprint density at radius 1 is 1.25 bits per heavy atom. The molecule has 0 spiro atoms. The summed E-state index contributed by atoms with van der Waals surface area (Å²) < 4.78 is 18.4. The van der Waals surface area contributed by atoms with Gasteiger partial charge in [-0.05, 0) is 31.9 Å². The molecule has 0 saturated carbocycles. The Morgan fingerprint density at radius 3 is 2.56 bits per heavy atom. The second kappa shape index (κ2) is 6.61. The Hall–Kier alpha value is -0.930. The van der Waals surface area contributed by atoms with Crippen molar-refractivity contribution < 1.29 is 9.13 Å². The summed E-state index contributed by atoms with van der Waals surface area (Å²) in [5.41, 5.74) is 0.757. The largest absolute Gasteiger partial charge is 0.383 e. The van der Waals surface area contributed by atoms with E-state index in [4.69, 9.17) is 4.74 Å². The Kier molecular flexibility index (Phi) is 5.43. The number of halogens is 1. The molecule has 0 heterocycles. The predicted octanol–water partition coefficient (Wildman–Crippen LogP) is 2.38. The number of nitrogens with one attached hydrogen (secondary N) is 1. The summed E-state index contributed by atoms with van der Waals surface area (Å²) in [7, 11) is 1.68. The molecule has 0 amide bonds. The molecular weight excluding hydrogens is 205 g/mol. The van der Waals surface area contributed by atoms with E-state index < -0.39 is 0 Å². The van der Waals surface area contributed by atoms with Crippen LogP contribution in [0, 0.1) is 5.82 Å². The van der Waals surface area contributed by atoms with E-state index in [2.05, 4.69) is 19.2 Å². The van der Waals surface area contributed by atoms with Crippen molar-refractivity contribution in [3.8, 4) is 0 Å². The second-order valence-corrected chi connectivity index (χ2v) is 4.22. The van der Waals surface area contributed by atoms with Gasteiger partial charge in [-0.15, -0.1) is 0 Å². The molecule has 2 nitrogen and oxygen atoms in total. The van der Waals surface area contributed by atoms with Crippen LogP contribution in [0.15, 0.2) is 24.3 Å². The number of methoxy groups -OCH3 is 1. The van der Waals surface area contributed by atoms with E-state index in [9.17, 15) is 4.39 Å². The van der Waals surface area contributed by atoms with Crippen LogP contribution >= 0.6 is 0 Å². The number of ether oxygens (including phenoxy) is 1. The summed E-state index contributed by atoms with van der Waals surface area (Å²) in [6.07, 6.45) is 0.695. The van der Waals surface area contributed by atoms with Crippen molar-refractivity contribution >= 4 is 0 Å². The first-order chi connectivity index (χ1) is 7.63. The maximum absolute atomic E-state index is 13.4. The van der Waals surface area contributed by atoms with Gasteiger partial charge in [0.1, 0.15) is 5.82 Å². The molecule has 90 valence electrons. The van der Waals surface area contributed by atoms with Gasteiger partial charge in [-0.25, -0.2) is 4.39 Å². The van der Waals surface area contributed by atoms with Crippen LogP contribution in [-0.2, 0) is 11.2 Å². The van der Waals surface area contributed by atoms with Crippen molar-refractivity contribution in [2.45, 2.75) is 32.4 Å². The Labute approximate surface area is 96.8 Å². The van der Waals surface area contributed by atoms with Crippen molar-refractivity contribution in [3.05, 3.63) is 35.6 Å². The summed E-state index contributed by atoms with van der Waals surface area (Å²) >= 11 is 0. The fourth-order valence-corrected chi connectivity index (χ4v) is 1.84. The topological polar surface area (TPSA) is 21.3 Å². The van der Waals surface area contributed by atoms with E-state index in [-0.39, 0.29) is 17.9 Å². The van der Waals surface area contributed by atoms with Crippen LogP contribution in [0.5, 0.6) is 0 Å². The molecule has 0 fully saturated rings. The Morgan fingerprint density at radius 2 is 1.94 bits per heavy atom. The van der Waals surface area contributed by atoms with E-state index in [0.717, 1.165) is 5.56 Å². The summed E-state index contributed by atoms with van der Waals surface area (Å²) in [6.45, 7) is 4.78. The summed E-state index contributed by atoms with van der Waals surface area (Å²) in [4.78, 5) is 0. The van der Waals surface area contributed by atoms with E-state index in [1.165, 1.54) is 6.07 Å². The third-order valence-electron chi connectivity index (χ3n) is 2.47. The van der Waals surface area contributed by atoms with Gasteiger partial charge in [0.2, 0.25) is 0 Å². The van der Waals surface area contributed by atoms with Crippen molar-refractivity contribution in [2.24, 2.45) is 0 Å². The maximum atomic E-state index is 13.4. The van der Waals surface area contributed by atoms with Gasteiger partial charge in [0.25, 0.3) is 0 Å². The van der Waals surface area contributed by atoms with Crippen LogP contribution < -0.4 is 5.32 Å². The molecule has 0 aliphatic heterocycles. The molecule has 2 atom stereocenters. The first-order valence-electron chi connectivity index (χ1n) is 5.62. The van der Waals surface area contributed by atoms with Crippen LogP contribution in [0.25, 0.3) is 0 Å². The first-order valence-corrected chi connectivity index (χ1v) is 5.62. The number of hydrogen-bond acceptors (Lipinski definition) is 2. The molecule has 0 unspecified atom stereocenters. The Bertz CT molecular complexity index is 317. The van der Waals surface area contributed by atoms with Crippen molar-refractivity contribution in [3.63, 3.8) is 0 Å². The first kappa shape index (κ1) is 13.1. The smallest absolute Gasteiger partial charge is 0.126 e. The molecule has 3 heteroatoms. The van der Waals surface area contributed by atoms with E-state index >= 15 is 0 Å². The lowest BCUT2D eigenvalue weighted by atomic mass is 10.1. The fourth-order valence-electron chi connectivity index (χ4n) is 1.84. The number of benzene rings is 1. The lowest BCUT2D eigenvalue weighted by Crippen LogP contribution is -2.38. The molecule has 0 bridgehead atoms. The molecule has 1 aromatic rings. The van der Waals surface area contributed by atoms with Crippen molar-refractivity contribution in [1.29, 1.82) is 0 Å². The van der Waals surface area contributed by atoms with Crippen LogP contribution in [0.2, 0.25) is 0 Å². The minimum absolute atomic E-state index is 0.129. The third-order valence-corrected chi connectivity index (χ3v) is 2.47. The highest BCUT2D eigenvalue weighted by Crippen LogP contribution is 2.09. The molecule has 0 aromatic heterocycles. The SMILES string of the molecule is COC[C@@H](C)N[C@H](C)Cc1ccccc1F. The highest BCUT2D eigenvalue weighted by Gasteiger charge is 2.09. The molecule has 0 radical (unpaired) electrons. The minimum atomic E-state index is -0.129. The summed E-state index contributed by atoms with van der Waals surface area (Å²) in [6, 6.07) is 7.43. The van der Waals surface area contributed by atoms with Crippen LogP contribution in [-0.4, -0.2) is 25.8 Å². The summed E-state index contributed by atoms with van der Waals surface area (Å²) in [5, 5.41) is 3.36. The molecule has 16 heavy (non-hydrogen) atoms. The number of hydrogen-bond donors (Lipinski definition) is 1. The van der Waals surface area contributed by atoms with Gasteiger partial charge in [0.15, 0.2) is 0 Å². The maximum Gasteiger partial charge on any atom is 0.126 e. The van der Waals surface area contributed by atoms with E-state index in [1.807, 2.05) is 12.1 Å². The minimum Gasteiger partial charge on any atom is -0.383 e. The van der Waals surface area contributed by atoms with Crippen molar-refractivity contribution in [2.75, 3.05) is 13.7 Å². The molecule has 0 aliphatic carbocycles. The van der Waals surface area contributed by atoms with E-state index in [1.54, 1.807) is 13.2 Å². The molecule has 1 aromatic carbocycles. The monoisotopic (exact) mass is 225 g/mol. The molecule has 1 rings (SSSR count). The predicted molar refractivity (Wildman–Crippen MR) is 64.0 cm³/mol. The van der Waals surface area contributed by atoms with Crippen LogP contribution in [0.1, 0.15) is 19.4 Å². The second-order valence-electron chi connectivity index (χ2n) is 4.22. The zero-order valence-corrected chi connectivity index (χ0v) is 10.2. The Balaban J connectivity index is 2.45. The van der Waals surface area contributed by atoms with Gasteiger partial charge >= 0.3 is 0 Å². The average Bonchev–Trinajstić information content (AvgIpc) is 2.21. The normalized spacial score (nSPS) is 14.8. The molecule has 0 aliphatic rings. The molecule has 0 saturated heterocycles. The van der Waals surface area contributed by atoms with E-state index in [0.29, 0.717) is 13.0 Å². The van der Waals surface area contributed by atoms with Gasteiger partial charge in [0.05, 0.1) is 6.61 Å². The van der Waals surface area contributed by atoms with Gasteiger partial charge in [-0.2, -0.15) is 0 Å². The zero-order chi connectivity index (χ0) is 12.0. The van der Waals surface area contributed by atoms with Gasteiger partial charge < -0.3 is 10.1 Å². The fraction of sp³-hybridized carbons (Fsp3) is 0.538. The lowest BCUT2D eigenvalue weighted by Gasteiger charge is -2.19. The number of rotatable bonds is 6. The third kappa shape index (κ3) is 4.29. The average molecular weight is 225 g/mol. The summed E-state index contributed by atoms with van der Waals surface area (Å²) in [5.74, 6) is -0.129. The van der Waals surface area contributed by atoms with Crippen LogP contribution in [0.4, 0.5) is 4.39 Å². The highest BCUT2D eigenvalue weighted by molar-refractivity contribution is 5.18. The highest BCUT2D eigenvalue weighted by atomic mass is 19.1. The van der Waals surface area contributed by atoms with Crippen molar-refractivity contribution in [1.82, 2.24) is 5.32 Å². The van der Waals surface area contributed by atoms with Gasteiger partial charge in [-0.3, -0.25) is 0 Å². The van der Waals surface area contributed by atoms with Crippen LogP contribution in [0.3, 0.4) is 0 Å². The van der Waals surface area contributed by atoms with Gasteiger partial charge in [-0.1, -0.05) is 18.2 Å². The standard InChI is InChI=1S/C13H20FNO/c1-10(15-11(2)9-16-3)8-12-6-4-5-7-13(12)14/h4-7,10-11,15H,8-9H2,1-3H3/t10-,11-/m1/s1. The quantitative estimate of drug-likeness (QED) is 0.802. The zero-order valence-electron chi connectivity index (χ0n) is 10.2. The molecular formula is C13H20FNO. The molecule has 1 N–H and O–H groups in total. The van der Waals surface area contributed by atoms with Gasteiger partial charge in [0, 0.05) is 19.2 Å². The lowest BCUT2D eigenvalue weighted by molar-refractivity contribution is 0.167.